The summed E-state index contributed by atoms with van der Waals surface area (Å²) in [6, 6.07) is 8.29. The lowest BCUT2D eigenvalue weighted by atomic mass is 9.59. The zero-order valence-corrected chi connectivity index (χ0v) is 18.3. The number of aliphatic hydroxyl groups excluding tert-OH is 1. The Kier molecular flexibility index (Phi) is 4.38. The van der Waals surface area contributed by atoms with E-state index in [0.717, 1.165) is 49.1 Å². The highest BCUT2D eigenvalue weighted by Gasteiger charge is 2.49. The van der Waals surface area contributed by atoms with E-state index < -0.39 is 10.8 Å². The van der Waals surface area contributed by atoms with Crippen LogP contribution in [0, 0.1) is 11.8 Å². The Balaban J connectivity index is 1.25. The van der Waals surface area contributed by atoms with Crippen molar-refractivity contribution in [2.75, 3.05) is 35.4 Å². The fourth-order valence-corrected chi connectivity index (χ4v) is 7.27. The van der Waals surface area contributed by atoms with Gasteiger partial charge in [0, 0.05) is 18.1 Å². The van der Waals surface area contributed by atoms with Crippen LogP contribution in [0.2, 0.25) is 5.02 Å². The van der Waals surface area contributed by atoms with Gasteiger partial charge in [-0.2, -0.15) is 4.98 Å². The van der Waals surface area contributed by atoms with Gasteiger partial charge in [-0.1, -0.05) is 23.7 Å². The smallest absolute Gasteiger partial charge is 0.227 e. The number of hydrogen-bond acceptors (Lipinski definition) is 6. The minimum Gasteiger partial charge on any atom is -0.394 e. The largest absolute Gasteiger partial charge is 0.394 e. The lowest BCUT2D eigenvalue weighted by Gasteiger charge is -2.54. The Bertz CT molecular complexity index is 995. The van der Waals surface area contributed by atoms with E-state index in [2.05, 4.69) is 26.9 Å². The van der Waals surface area contributed by atoms with Crippen LogP contribution in [0.3, 0.4) is 0 Å². The van der Waals surface area contributed by atoms with Crippen molar-refractivity contribution in [3.05, 3.63) is 41.0 Å². The molecule has 4 fully saturated rings. The number of piperidine rings is 2. The van der Waals surface area contributed by atoms with Gasteiger partial charge in [0.15, 0.2) is 5.82 Å². The number of nitrogens with zero attached hydrogens (tertiary/aromatic N) is 4. The van der Waals surface area contributed by atoms with Crippen molar-refractivity contribution in [1.29, 1.82) is 0 Å². The summed E-state index contributed by atoms with van der Waals surface area (Å²) in [7, 11) is -1.13. The summed E-state index contributed by atoms with van der Waals surface area (Å²) in [5.74, 6) is 3.70. The molecule has 8 heteroatoms. The highest BCUT2D eigenvalue weighted by Crippen LogP contribution is 2.52. The maximum Gasteiger partial charge on any atom is 0.227 e. The predicted octanol–water partition coefficient (Wildman–Crippen LogP) is 3.17. The average molecular weight is 445 g/mol. The second-order valence-corrected chi connectivity index (χ2v) is 11.1. The molecule has 2 aromatic rings. The fraction of sp³-hybridized carbons (Fsp3) is 0.545. The van der Waals surface area contributed by atoms with Crippen molar-refractivity contribution >= 4 is 34.2 Å². The van der Waals surface area contributed by atoms with Crippen LogP contribution >= 0.6 is 11.6 Å². The monoisotopic (exact) mass is 444 g/mol. The van der Waals surface area contributed by atoms with Crippen LogP contribution in [0.5, 0.6) is 0 Å². The molecule has 0 radical (unpaired) electrons. The fourth-order valence-electron chi connectivity index (χ4n) is 5.85. The van der Waals surface area contributed by atoms with Crippen LogP contribution in [-0.2, 0) is 10.8 Å². The highest BCUT2D eigenvalue weighted by atomic mass is 35.5. The van der Waals surface area contributed by atoms with Gasteiger partial charge >= 0.3 is 0 Å². The Morgan fingerprint density at radius 3 is 2.57 bits per heavy atom. The van der Waals surface area contributed by atoms with Crippen molar-refractivity contribution in [2.24, 2.45) is 11.8 Å². The quantitative estimate of drug-likeness (QED) is 0.781. The molecule has 0 amide bonds. The van der Waals surface area contributed by atoms with E-state index in [9.17, 15) is 9.32 Å². The molecule has 0 spiro atoms. The molecule has 7 rings (SSSR count). The Morgan fingerprint density at radius 1 is 1.20 bits per heavy atom. The summed E-state index contributed by atoms with van der Waals surface area (Å²) in [5.41, 5.74) is 1.09. The van der Waals surface area contributed by atoms with Crippen LogP contribution in [0.1, 0.15) is 37.2 Å². The van der Waals surface area contributed by atoms with Crippen molar-refractivity contribution in [3.8, 4) is 0 Å². The topological polar surface area (TPSA) is 69.6 Å². The molecule has 1 aromatic carbocycles. The van der Waals surface area contributed by atoms with Crippen LogP contribution in [-0.4, -0.2) is 50.4 Å². The molecular weight excluding hydrogens is 420 g/mol. The van der Waals surface area contributed by atoms with Crippen LogP contribution in [0.25, 0.3) is 0 Å². The van der Waals surface area contributed by atoms with Gasteiger partial charge in [-0.3, -0.25) is 4.21 Å². The van der Waals surface area contributed by atoms with Gasteiger partial charge in [-0.15, -0.1) is 0 Å². The van der Waals surface area contributed by atoms with Crippen LogP contribution in [0.4, 0.5) is 11.8 Å². The lowest BCUT2D eigenvalue weighted by Crippen LogP contribution is -2.56. The maximum atomic E-state index is 12.6. The number of anilines is 2. The van der Waals surface area contributed by atoms with Crippen LogP contribution < -0.4 is 9.80 Å². The summed E-state index contributed by atoms with van der Waals surface area (Å²) < 4.78 is 12.6. The predicted molar refractivity (Wildman–Crippen MR) is 117 cm³/mol. The number of aromatic nitrogens is 2. The molecule has 2 bridgehead atoms. The number of benzene rings is 1. The minimum absolute atomic E-state index is 0.0829. The number of hydrogen-bond donors (Lipinski definition) is 1. The summed E-state index contributed by atoms with van der Waals surface area (Å²) >= 11 is 6.06. The van der Waals surface area contributed by atoms with Gasteiger partial charge in [-0.25, -0.2) is 4.98 Å². The summed E-state index contributed by atoms with van der Waals surface area (Å²) in [6.45, 7) is 1.97. The van der Waals surface area contributed by atoms with E-state index in [1.807, 2.05) is 12.1 Å². The minimum atomic E-state index is -1.13. The van der Waals surface area contributed by atoms with Crippen LogP contribution in [0.15, 0.2) is 35.4 Å². The Labute approximate surface area is 183 Å². The molecule has 3 aliphatic heterocycles. The molecule has 158 valence electrons. The Hall–Kier alpha value is -1.70. The molecule has 2 unspecified atom stereocenters. The molecule has 1 aromatic heterocycles. The zero-order valence-electron chi connectivity index (χ0n) is 16.7. The summed E-state index contributed by atoms with van der Waals surface area (Å²) in [6.07, 6.45) is 5.94. The van der Waals surface area contributed by atoms with Gasteiger partial charge in [-0.05, 0) is 61.1 Å². The maximum absolute atomic E-state index is 12.6. The molecule has 6 nitrogen and oxygen atoms in total. The summed E-state index contributed by atoms with van der Waals surface area (Å²) in [5, 5.41) is 10.8. The second kappa shape index (κ2) is 6.90. The van der Waals surface area contributed by atoms with Crippen molar-refractivity contribution in [1.82, 2.24) is 9.97 Å². The first-order valence-corrected chi connectivity index (χ1v) is 12.4. The molecule has 1 N–H and O–H groups in total. The number of fused-ring (bicyclic) bond motifs is 3. The van der Waals surface area contributed by atoms with Gasteiger partial charge in [0.1, 0.15) is 10.8 Å². The third kappa shape index (κ3) is 2.75. The van der Waals surface area contributed by atoms with Crippen molar-refractivity contribution in [2.45, 2.75) is 42.0 Å². The highest BCUT2D eigenvalue weighted by molar-refractivity contribution is 7.85. The van der Waals surface area contributed by atoms with Gasteiger partial charge in [0.05, 0.1) is 29.1 Å². The van der Waals surface area contributed by atoms with E-state index in [1.165, 1.54) is 12.0 Å². The lowest BCUT2D eigenvalue weighted by molar-refractivity contribution is 0.110. The van der Waals surface area contributed by atoms with E-state index in [0.29, 0.717) is 28.5 Å². The summed E-state index contributed by atoms with van der Waals surface area (Å²) in [4.78, 5) is 14.6. The first-order chi connectivity index (χ1) is 14.6. The van der Waals surface area contributed by atoms with E-state index in [4.69, 9.17) is 16.6 Å². The first-order valence-electron chi connectivity index (χ1n) is 10.7. The Morgan fingerprint density at radius 2 is 1.93 bits per heavy atom. The third-order valence-electron chi connectivity index (χ3n) is 7.69. The van der Waals surface area contributed by atoms with Gasteiger partial charge < -0.3 is 14.9 Å². The average Bonchev–Trinajstić information content (AvgIpc) is 3.06. The molecule has 4 heterocycles. The number of halogens is 1. The number of rotatable bonds is 4. The van der Waals surface area contributed by atoms with Crippen molar-refractivity contribution < 1.29 is 9.32 Å². The normalized spacial score (nSPS) is 31.1. The van der Waals surface area contributed by atoms with E-state index >= 15 is 0 Å². The molecule has 30 heavy (non-hydrogen) atoms. The SMILES string of the molecule is O=[S@]1CN(C2(CO)CCC2)c2nc(N3CC4CC(C3)C4c3ccc(Cl)cc3)ncc21. The zero-order chi connectivity index (χ0) is 20.5. The van der Waals surface area contributed by atoms with Gasteiger partial charge in [0.25, 0.3) is 0 Å². The van der Waals surface area contributed by atoms with E-state index in [-0.39, 0.29) is 12.1 Å². The molecule has 2 saturated heterocycles. The number of aliphatic hydroxyl groups is 1. The molecule has 3 atom stereocenters. The van der Waals surface area contributed by atoms with Gasteiger partial charge in [0.2, 0.25) is 5.95 Å². The van der Waals surface area contributed by atoms with Crippen molar-refractivity contribution in [3.63, 3.8) is 0 Å². The standard InChI is InChI=1S/C22H25ClN4O2S/c23-17-4-2-14(3-5-17)19-15-8-16(19)11-26(10-15)21-24-9-18-20(25-21)27(13-30(18)29)22(12-28)6-1-7-22/h2-5,9,15-16,19,28H,1,6-8,10-13H2/t15?,16?,19?,30-/m0/s1. The first kappa shape index (κ1) is 19.0. The third-order valence-corrected chi connectivity index (χ3v) is 9.21. The molecule has 2 saturated carbocycles. The molecular formula is C22H25ClN4O2S. The van der Waals surface area contributed by atoms with E-state index in [1.54, 1.807) is 6.20 Å². The second-order valence-electron chi connectivity index (χ2n) is 9.23. The molecule has 5 aliphatic rings. The molecule has 2 aliphatic carbocycles.